The monoisotopic (exact) mass is 461 g/mol. The highest BCUT2D eigenvalue weighted by atomic mass is 35.5. The fraction of sp³-hybridized carbons (Fsp3) is 0.417. The topological polar surface area (TPSA) is 64.6 Å². The SMILES string of the molecule is COC(=O)c1ccccc1CNC(=O)CCc1ccc(O[Si](C)(C)C(C)(C)C)cc1Cl. The minimum absolute atomic E-state index is 0.0999. The van der Waals surface area contributed by atoms with Crippen LogP contribution in [-0.2, 0) is 22.5 Å². The number of aryl methyl sites for hydroxylation is 1. The molecule has 0 radical (unpaired) electrons. The zero-order valence-corrected chi connectivity index (χ0v) is 20.9. The van der Waals surface area contributed by atoms with Crippen molar-refractivity contribution in [2.45, 2.75) is 58.3 Å². The molecule has 0 aromatic heterocycles. The Morgan fingerprint density at radius 3 is 2.35 bits per heavy atom. The van der Waals surface area contributed by atoms with Crippen molar-refractivity contribution in [3.8, 4) is 5.75 Å². The van der Waals surface area contributed by atoms with Gasteiger partial charge in [0.1, 0.15) is 5.75 Å². The van der Waals surface area contributed by atoms with Crippen molar-refractivity contribution in [2.24, 2.45) is 0 Å². The first-order valence-corrected chi connectivity index (χ1v) is 13.6. The quantitative estimate of drug-likeness (QED) is 0.401. The van der Waals surface area contributed by atoms with Crippen LogP contribution >= 0.6 is 11.6 Å². The molecule has 5 nitrogen and oxygen atoms in total. The predicted octanol–water partition coefficient (Wildman–Crippen LogP) is 5.76. The number of rotatable bonds is 8. The first kappa shape index (κ1) is 25.0. The number of halogens is 1. The van der Waals surface area contributed by atoms with Crippen molar-refractivity contribution in [3.05, 3.63) is 64.2 Å². The van der Waals surface area contributed by atoms with Crippen LogP contribution in [0.2, 0.25) is 23.2 Å². The number of ether oxygens (including phenoxy) is 1. The van der Waals surface area contributed by atoms with E-state index < -0.39 is 14.3 Å². The molecule has 168 valence electrons. The van der Waals surface area contributed by atoms with Crippen molar-refractivity contribution < 1.29 is 18.8 Å². The number of carbonyl (C=O) groups excluding carboxylic acids is 2. The third kappa shape index (κ3) is 6.84. The lowest BCUT2D eigenvalue weighted by Crippen LogP contribution is -2.43. The van der Waals surface area contributed by atoms with E-state index in [9.17, 15) is 9.59 Å². The number of esters is 1. The molecule has 0 aliphatic carbocycles. The Morgan fingerprint density at radius 2 is 1.74 bits per heavy atom. The van der Waals surface area contributed by atoms with Gasteiger partial charge in [-0.25, -0.2) is 4.79 Å². The Bertz CT molecular complexity index is 937. The van der Waals surface area contributed by atoms with Gasteiger partial charge in [0, 0.05) is 18.0 Å². The highest BCUT2D eigenvalue weighted by Crippen LogP contribution is 2.38. The van der Waals surface area contributed by atoms with Crippen LogP contribution in [0.5, 0.6) is 5.75 Å². The van der Waals surface area contributed by atoms with Gasteiger partial charge in [-0.05, 0) is 53.9 Å². The van der Waals surface area contributed by atoms with Crippen LogP contribution in [0.4, 0.5) is 0 Å². The number of benzene rings is 2. The molecule has 0 unspecified atom stereocenters. The predicted molar refractivity (Wildman–Crippen MR) is 127 cm³/mol. The fourth-order valence-corrected chi connectivity index (χ4v) is 4.04. The highest BCUT2D eigenvalue weighted by molar-refractivity contribution is 6.74. The molecule has 2 rings (SSSR count). The van der Waals surface area contributed by atoms with E-state index in [1.807, 2.05) is 24.3 Å². The number of methoxy groups -OCH3 is 1. The van der Waals surface area contributed by atoms with Crippen LogP contribution < -0.4 is 9.74 Å². The molecule has 0 saturated carbocycles. The first-order valence-electron chi connectivity index (χ1n) is 10.3. The van der Waals surface area contributed by atoms with Crippen molar-refractivity contribution >= 4 is 31.8 Å². The molecule has 0 bridgehead atoms. The fourth-order valence-electron chi connectivity index (χ4n) is 2.76. The van der Waals surface area contributed by atoms with Crippen LogP contribution in [0, 0.1) is 0 Å². The van der Waals surface area contributed by atoms with E-state index in [0.717, 1.165) is 11.3 Å². The zero-order chi connectivity index (χ0) is 23.2. The van der Waals surface area contributed by atoms with Gasteiger partial charge in [-0.3, -0.25) is 4.79 Å². The summed E-state index contributed by atoms with van der Waals surface area (Å²) in [5, 5.41) is 3.56. The van der Waals surface area contributed by atoms with Gasteiger partial charge in [0.15, 0.2) is 0 Å². The maximum absolute atomic E-state index is 12.3. The maximum atomic E-state index is 12.3. The average molecular weight is 462 g/mol. The summed E-state index contributed by atoms with van der Waals surface area (Å²) in [4.78, 5) is 24.2. The average Bonchev–Trinajstić information content (AvgIpc) is 2.70. The smallest absolute Gasteiger partial charge is 0.338 e. The van der Waals surface area contributed by atoms with Gasteiger partial charge in [0.2, 0.25) is 14.2 Å². The highest BCUT2D eigenvalue weighted by Gasteiger charge is 2.39. The van der Waals surface area contributed by atoms with E-state index in [1.54, 1.807) is 18.2 Å². The van der Waals surface area contributed by atoms with Gasteiger partial charge in [0.05, 0.1) is 12.7 Å². The van der Waals surface area contributed by atoms with Crippen molar-refractivity contribution in [1.29, 1.82) is 0 Å². The van der Waals surface area contributed by atoms with E-state index in [2.05, 4.69) is 39.2 Å². The molecule has 0 aliphatic rings. The summed E-state index contributed by atoms with van der Waals surface area (Å²) in [7, 11) is -0.599. The summed E-state index contributed by atoms with van der Waals surface area (Å²) >= 11 is 6.45. The lowest BCUT2D eigenvalue weighted by molar-refractivity contribution is -0.121. The molecule has 0 atom stereocenters. The summed E-state index contributed by atoms with van der Waals surface area (Å²) in [6.45, 7) is 11.2. The number of carbonyl (C=O) groups is 2. The molecule has 0 fully saturated rings. The van der Waals surface area contributed by atoms with E-state index in [4.69, 9.17) is 20.8 Å². The van der Waals surface area contributed by atoms with E-state index >= 15 is 0 Å². The Morgan fingerprint density at radius 1 is 1.06 bits per heavy atom. The molecule has 2 aromatic rings. The minimum Gasteiger partial charge on any atom is -0.543 e. The van der Waals surface area contributed by atoms with Crippen LogP contribution in [0.1, 0.15) is 48.7 Å². The molecule has 1 amide bonds. The van der Waals surface area contributed by atoms with E-state index in [0.29, 0.717) is 29.0 Å². The van der Waals surface area contributed by atoms with Crippen molar-refractivity contribution in [1.82, 2.24) is 5.32 Å². The summed E-state index contributed by atoms with van der Waals surface area (Å²) in [6.07, 6.45) is 0.812. The van der Waals surface area contributed by atoms with Gasteiger partial charge >= 0.3 is 5.97 Å². The van der Waals surface area contributed by atoms with Crippen LogP contribution in [0.25, 0.3) is 0 Å². The number of nitrogens with one attached hydrogen (secondary N) is 1. The summed E-state index contributed by atoms with van der Waals surface area (Å²) in [5.41, 5.74) is 2.06. The largest absolute Gasteiger partial charge is 0.543 e. The third-order valence-corrected chi connectivity index (χ3v) is 10.4. The van der Waals surface area contributed by atoms with E-state index in [-0.39, 0.29) is 17.5 Å². The Balaban J connectivity index is 1.94. The number of hydrogen-bond acceptors (Lipinski definition) is 4. The Labute approximate surface area is 191 Å². The normalized spacial score (nSPS) is 11.7. The van der Waals surface area contributed by atoms with Gasteiger partial charge < -0.3 is 14.5 Å². The first-order chi connectivity index (χ1) is 14.4. The minimum atomic E-state index is -1.94. The molecular formula is C24H32ClNO4Si. The van der Waals surface area contributed by atoms with Gasteiger partial charge in [-0.1, -0.05) is 56.6 Å². The van der Waals surface area contributed by atoms with Crippen LogP contribution in [0.15, 0.2) is 42.5 Å². The van der Waals surface area contributed by atoms with Crippen LogP contribution in [-0.4, -0.2) is 27.3 Å². The third-order valence-electron chi connectivity index (χ3n) is 5.72. The summed E-state index contributed by atoms with van der Waals surface area (Å²) in [6, 6.07) is 12.7. The Kier molecular flexibility index (Phi) is 8.32. The summed E-state index contributed by atoms with van der Waals surface area (Å²) in [5.74, 6) is 0.234. The zero-order valence-electron chi connectivity index (χ0n) is 19.2. The molecule has 1 N–H and O–H groups in total. The number of hydrogen-bond donors (Lipinski definition) is 1. The summed E-state index contributed by atoms with van der Waals surface area (Å²) < 4.78 is 11.1. The van der Waals surface area contributed by atoms with Crippen LogP contribution in [0.3, 0.4) is 0 Å². The lowest BCUT2D eigenvalue weighted by Gasteiger charge is -2.36. The molecular weight excluding hydrogens is 430 g/mol. The second-order valence-corrected chi connectivity index (χ2v) is 14.2. The molecule has 0 aliphatic heterocycles. The van der Waals surface area contributed by atoms with Crippen molar-refractivity contribution in [2.75, 3.05) is 7.11 Å². The molecule has 0 spiro atoms. The van der Waals surface area contributed by atoms with E-state index in [1.165, 1.54) is 7.11 Å². The Hall–Kier alpha value is -2.31. The van der Waals surface area contributed by atoms with Gasteiger partial charge in [0.25, 0.3) is 0 Å². The molecule has 0 heterocycles. The molecule has 31 heavy (non-hydrogen) atoms. The molecule has 2 aromatic carbocycles. The van der Waals surface area contributed by atoms with Gasteiger partial charge in [-0.2, -0.15) is 0 Å². The maximum Gasteiger partial charge on any atom is 0.338 e. The molecule has 7 heteroatoms. The second kappa shape index (κ2) is 10.3. The second-order valence-electron chi connectivity index (χ2n) is 9.04. The number of amides is 1. The van der Waals surface area contributed by atoms with Crippen molar-refractivity contribution in [3.63, 3.8) is 0 Å². The molecule has 0 saturated heterocycles. The standard InChI is InChI=1S/C24H32ClNO4Si/c1-24(2,3)31(5,6)30-19-13-11-17(21(25)15-19)12-14-22(27)26-16-18-9-7-8-10-20(18)23(28)29-4/h7-11,13,15H,12,14,16H2,1-6H3,(H,26,27). The lowest BCUT2D eigenvalue weighted by atomic mass is 10.1. The van der Waals surface area contributed by atoms with Gasteiger partial charge in [-0.15, -0.1) is 0 Å².